The quantitative estimate of drug-likeness (QED) is 0.808. The molecule has 0 amide bonds. The third kappa shape index (κ3) is 2.23. The standard InChI is InChI=1S/C15H19N3O2/c1-11-14(10-18-5-7-20-8-6-18)13-9-12(16-19)3-4-15(13)17(11)2/h3-4,9H,5-8,10H2,1-2H3. The van der Waals surface area contributed by atoms with E-state index in [2.05, 4.69) is 28.6 Å². The van der Waals surface area contributed by atoms with Crippen LogP contribution in [0.2, 0.25) is 0 Å². The third-order valence-corrected chi connectivity index (χ3v) is 4.20. The first-order valence-electron chi connectivity index (χ1n) is 6.92. The molecule has 106 valence electrons. The Labute approximate surface area is 118 Å². The Morgan fingerprint density at radius 3 is 2.75 bits per heavy atom. The van der Waals surface area contributed by atoms with E-state index < -0.39 is 0 Å². The molecule has 1 saturated heterocycles. The smallest absolute Gasteiger partial charge is 0.108 e. The molecule has 0 spiro atoms. The molecule has 0 unspecified atom stereocenters. The zero-order chi connectivity index (χ0) is 14.1. The summed E-state index contributed by atoms with van der Waals surface area (Å²) < 4.78 is 7.57. The fourth-order valence-corrected chi connectivity index (χ4v) is 2.88. The molecular formula is C15H19N3O2. The fourth-order valence-electron chi connectivity index (χ4n) is 2.88. The molecule has 3 rings (SSSR count). The van der Waals surface area contributed by atoms with Crippen LogP contribution in [0.5, 0.6) is 0 Å². The van der Waals surface area contributed by atoms with Crippen LogP contribution in [0, 0.1) is 11.8 Å². The minimum Gasteiger partial charge on any atom is -0.379 e. The lowest BCUT2D eigenvalue weighted by Gasteiger charge is -2.26. The van der Waals surface area contributed by atoms with E-state index >= 15 is 0 Å². The Balaban J connectivity index is 2.03. The normalized spacial score (nSPS) is 16.7. The van der Waals surface area contributed by atoms with Crippen LogP contribution in [0.25, 0.3) is 10.9 Å². The molecular weight excluding hydrogens is 254 g/mol. The van der Waals surface area contributed by atoms with Crippen molar-refractivity contribution in [2.24, 2.45) is 12.2 Å². The van der Waals surface area contributed by atoms with Crippen LogP contribution < -0.4 is 0 Å². The van der Waals surface area contributed by atoms with Crippen LogP contribution in [-0.4, -0.2) is 35.8 Å². The topological polar surface area (TPSA) is 46.8 Å². The van der Waals surface area contributed by atoms with Gasteiger partial charge in [0.25, 0.3) is 0 Å². The molecule has 0 N–H and O–H groups in total. The van der Waals surface area contributed by atoms with Gasteiger partial charge in [-0.2, -0.15) is 0 Å². The van der Waals surface area contributed by atoms with Crippen LogP contribution in [0.4, 0.5) is 5.69 Å². The number of aromatic nitrogens is 1. The largest absolute Gasteiger partial charge is 0.379 e. The van der Waals surface area contributed by atoms with E-state index in [1.165, 1.54) is 11.3 Å². The molecule has 2 aromatic rings. The number of morpholine rings is 1. The summed E-state index contributed by atoms with van der Waals surface area (Å²) >= 11 is 0. The molecule has 2 heterocycles. The van der Waals surface area contributed by atoms with Gasteiger partial charge in [0.2, 0.25) is 0 Å². The number of aryl methyl sites for hydroxylation is 1. The summed E-state index contributed by atoms with van der Waals surface area (Å²) in [6.07, 6.45) is 0. The van der Waals surface area contributed by atoms with E-state index in [-0.39, 0.29) is 0 Å². The molecule has 0 bridgehead atoms. The van der Waals surface area contributed by atoms with E-state index in [4.69, 9.17) is 4.74 Å². The fraction of sp³-hybridized carbons (Fsp3) is 0.467. The summed E-state index contributed by atoms with van der Waals surface area (Å²) in [5.41, 5.74) is 4.17. The van der Waals surface area contributed by atoms with Crippen LogP contribution >= 0.6 is 0 Å². The average molecular weight is 273 g/mol. The molecule has 0 atom stereocenters. The molecule has 1 aliphatic rings. The lowest BCUT2D eigenvalue weighted by molar-refractivity contribution is 0.0342. The van der Waals surface area contributed by atoms with Crippen LogP contribution in [0.3, 0.4) is 0 Å². The number of nitrogens with zero attached hydrogens (tertiary/aromatic N) is 3. The zero-order valence-electron chi connectivity index (χ0n) is 11.9. The van der Waals surface area contributed by atoms with E-state index in [0.29, 0.717) is 5.69 Å². The third-order valence-electron chi connectivity index (χ3n) is 4.20. The zero-order valence-corrected chi connectivity index (χ0v) is 11.9. The second kappa shape index (κ2) is 5.34. The first kappa shape index (κ1) is 13.3. The maximum Gasteiger partial charge on any atom is 0.108 e. The number of benzene rings is 1. The van der Waals surface area contributed by atoms with Gasteiger partial charge >= 0.3 is 0 Å². The van der Waals surface area contributed by atoms with Crippen molar-refractivity contribution in [1.29, 1.82) is 0 Å². The molecule has 1 fully saturated rings. The summed E-state index contributed by atoms with van der Waals surface area (Å²) in [7, 11) is 2.06. The Kier molecular flexibility index (Phi) is 3.54. The first-order chi connectivity index (χ1) is 9.70. The summed E-state index contributed by atoms with van der Waals surface area (Å²) in [4.78, 5) is 13.2. The Hall–Kier alpha value is -1.72. The monoisotopic (exact) mass is 273 g/mol. The van der Waals surface area contributed by atoms with Crippen molar-refractivity contribution >= 4 is 16.6 Å². The molecule has 1 aromatic heterocycles. The van der Waals surface area contributed by atoms with Gasteiger partial charge in [0.05, 0.1) is 13.2 Å². The van der Waals surface area contributed by atoms with Crippen molar-refractivity contribution in [1.82, 2.24) is 9.47 Å². The van der Waals surface area contributed by atoms with Gasteiger partial charge < -0.3 is 9.30 Å². The predicted molar refractivity (Wildman–Crippen MR) is 79.2 cm³/mol. The first-order valence-corrected chi connectivity index (χ1v) is 6.92. The Morgan fingerprint density at radius 1 is 1.30 bits per heavy atom. The van der Waals surface area contributed by atoms with Gasteiger partial charge in [-0.3, -0.25) is 4.90 Å². The number of hydrogen-bond donors (Lipinski definition) is 0. The number of rotatable bonds is 3. The highest BCUT2D eigenvalue weighted by molar-refractivity contribution is 5.88. The lowest BCUT2D eigenvalue weighted by atomic mass is 10.1. The number of ether oxygens (including phenoxy) is 1. The molecule has 0 saturated carbocycles. The summed E-state index contributed by atoms with van der Waals surface area (Å²) in [6, 6.07) is 5.64. The second-order valence-electron chi connectivity index (χ2n) is 5.30. The van der Waals surface area contributed by atoms with Crippen molar-refractivity contribution in [3.05, 3.63) is 34.4 Å². The Bertz CT molecular complexity index is 642. The van der Waals surface area contributed by atoms with Crippen LogP contribution in [0.15, 0.2) is 23.4 Å². The van der Waals surface area contributed by atoms with Gasteiger partial charge in [0.15, 0.2) is 0 Å². The SMILES string of the molecule is Cc1c(CN2CCOCC2)c2cc(N=O)ccc2n1C. The second-order valence-corrected chi connectivity index (χ2v) is 5.30. The van der Waals surface area contributed by atoms with E-state index in [1.807, 2.05) is 12.1 Å². The summed E-state index contributed by atoms with van der Waals surface area (Å²) in [6.45, 7) is 6.54. The maximum absolute atomic E-state index is 10.8. The van der Waals surface area contributed by atoms with E-state index in [1.54, 1.807) is 6.07 Å². The highest BCUT2D eigenvalue weighted by Gasteiger charge is 2.17. The van der Waals surface area contributed by atoms with Crippen molar-refractivity contribution in [3.63, 3.8) is 0 Å². The highest BCUT2D eigenvalue weighted by Crippen LogP contribution is 2.29. The minimum atomic E-state index is 0.492. The maximum atomic E-state index is 10.8. The van der Waals surface area contributed by atoms with Crippen molar-refractivity contribution in [2.45, 2.75) is 13.5 Å². The van der Waals surface area contributed by atoms with Crippen LogP contribution in [-0.2, 0) is 18.3 Å². The molecule has 5 heteroatoms. The number of hydrogen-bond acceptors (Lipinski definition) is 4. The van der Waals surface area contributed by atoms with E-state index in [0.717, 1.165) is 43.8 Å². The van der Waals surface area contributed by atoms with Crippen molar-refractivity contribution < 1.29 is 4.74 Å². The van der Waals surface area contributed by atoms with Gasteiger partial charge in [-0.05, 0) is 35.9 Å². The Morgan fingerprint density at radius 2 is 2.05 bits per heavy atom. The molecule has 0 aliphatic carbocycles. The van der Waals surface area contributed by atoms with Gasteiger partial charge in [-0.15, -0.1) is 4.91 Å². The summed E-state index contributed by atoms with van der Waals surface area (Å²) in [5.74, 6) is 0. The lowest BCUT2D eigenvalue weighted by Crippen LogP contribution is -2.35. The van der Waals surface area contributed by atoms with Crippen molar-refractivity contribution in [3.8, 4) is 0 Å². The molecule has 20 heavy (non-hydrogen) atoms. The van der Waals surface area contributed by atoms with Gasteiger partial charge in [-0.25, -0.2) is 0 Å². The number of nitroso groups, excluding NO2 is 1. The van der Waals surface area contributed by atoms with Gasteiger partial charge in [-0.1, -0.05) is 0 Å². The van der Waals surface area contributed by atoms with Crippen molar-refractivity contribution in [2.75, 3.05) is 26.3 Å². The van der Waals surface area contributed by atoms with E-state index in [9.17, 15) is 4.91 Å². The van der Waals surface area contributed by atoms with Crippen LogP contribution in [0.1, 0.15) is 11.3 Å². The number of fused-ring (bicyclic) bond motifs is 1. The minimum absolute atomic E-state index is 0.492. The molecule has 0 radical (unpaired) electrons. The highest BCUT2D eigenvalue weighted by atomic mass is 16.5. The summed E-state index contributed by atoms with van der Waals surface area (Å²) in [5, 5.41) is 4.19. The predicted octanol–water partition coefficient (Wildman–Crippen LogP) is 2.72. The molecule has 5 nitrogen and oxygen atoms in total. The van der Waals surface area contributed by atoms with Gasteiger partial charge in [0.1, 0.15) is 5.69 Å². The van der Waals surface area contributed by atoms with Gasteiger partial charge in [0, 0.05) is 43.3 Å². The average Bonchev–Trinajstić information content (AvgIpc) is 2.73. The molecule has 1 aliphatic heterocycles. The molecule has 1 aromatic carbocycles.